The molecule has 0 aromatic heterocycles. The minimum Gasteiger partial charge on any atom is -0.444 e. The summed E-state index contributed by atoms with van der Waals surface area (Å²) in [6.07, 6.45) is -2.85. The summed E-state index contributed by atoms with van der Waals surface area (Å²) < 4.78 is 40.7. The molecule has 0 radical (unpaired) electrons. The van der Waals surface area contributed by atoms with Crippen LogP contribution in [0, 0.1) is 0 Å². The highest BCUT2D eigenvalue weighted by Crippen LogP contribution is 2.43. The monoisotopic (exact) mass is 371 g/mol. The molecule has 2 heterocycles. The Balaban J connectivity index is 1.77. The number of hydrogen-bond acceptors (Lipinski definition) is 5. The van der Waals surface area contributed by atoms with E-state index < -0.39 is 18.0 Å². The summed E-state index contributed by atoms with van der Waals surface area (Å²) in [5.74, 6) is -0.0965. The van der Waals surface area contributed by atoms with E-state index in [2.05, 4.69) is 9.47 Å². The van der Waals surface area contributed by atoms with Gasteiger partial charge in [-0.1, -0.05) is 6.07 Å². The number of nitrogens with zero attached hydrogens (tertiary/aromatic N) is 1. The highest BCUT2D eigenvalue weighted by atomic mass is 19.3. The third-order valence-electron chi connectivity index (χ3n) is 4.44. The van der Waals surface area contributed by atoms with Crippen LogP contribution in [-0.4, -0.2) is 47.2 Å². The zero-order valence-corrected chi connectivity index (χ0v) is 15.0. The fraction of sp³-hybridized carbons (Fsp3) is 0.611. The molecule has 2 aliphatic heterocycles. The second-order valence-corrected chi connectivity index (χ2v) is 7.62. The lowest BCUT2D eigenvalue weighted by molar-refractivity contribution is -0.286. The van der Waals surface area contributed by atoms with Crippen LogP contribution in [0.15, 0.2) is 18.2 Å². The van der Waals surface area contributed by atoms with E-state index in [1.807, 2.05) is 0 Å². The van der Waals surface area contributed by atoms with Crippen LogP contribution in [0.1, 0.15) is 45.1 Å². The Morgan fingerprint density at radius 2 is 2.00 bits per heavy atom. The number of fused-ring (bicyclic) bond motifs is 1. The standard InChI is InChI=1S/C18H23F2NO5/c1-17(2,3)26-16(23)21-9-12(4-6-13(21)10-22)11-5-7-14-15(8-11)25-18(19,20)24-14/h5,7-8,12-13,22H,4,6,9-10H2,1-3H3. The van der Waals surface area contributed by atoms with Crippen LogP contribution in [0.5, 0.6) is 11.5 Å². The quantitative estimate of drug-likeness (QED) is 0.862. The molecular weight excluding hydrogens is 348 g/mol. The number of carbonyl (C=O) groups is 1. The molecule has 26 heavy (non-hydrogen) atoms. The average Bonchev–Trinajstić information content (AvgIpc) is 2.85. The van der Waals surface area contributed by atoms with Crippen LogP contribution in [0.25, 0.3) is 0 Å². The lowest BCUT2D eigenvalue weighted by Crippen LogP contribution is -2.49. The molecule has 1 N–H and O–H groups in total. The number of aliphatic hydroxyl groups is 1. The predicted octanol–water partition coefficient (Wildman–Crippen LogP) is 3.48. The zero-order chi connectivity index (χ0) is 19.1. The zero-order valence-electron chi connectivity index (χ0n) is 15.0. The number of alkyl halides is 2. The molecule has 2 atom stereocenters. The van der Waals surface area contributed by atoms with Crippen molar-refractivity contribution in [2.24, 2.45) is 0 Å². The summed E-state index contributed by atoms with van der Waals surface area (Å²) in [6.45, 7) is 5.50. The molecule has 2 aliphatic rings. The van der Waals surface area contributed by atoms with Crippen molar-refractivity contribution < 1.29 is 32.9 Å². The molecule has 0 spiro atoms. The molecule has 1 saturated heterocycles. The average molecular weight is 371 g/mol. The largest absolute Gasteiger partial charge is 0.586 e. The van der Waals surface area contributed by atoms with Crippen LogP contribution in [0.3, 0.4) is 0 Å². The normalized spacial score (nSPS) is 24.5. The number of hydrogen-bond donors (Lipinski definition) is 1. The predicted molar refractivity (Wildman–Crippen MR) is 88.4 cm³/mol. The SMILES string of the molecule is CC(C)(C)OC(=O)N1CC(c2ccc3c(c2)OC(F)(F)O3)CCC1CO. The number of likely N-dealkylation sites (tertiary alicyclic amines) is 1. The van der Waals surface area contributed by atoms with Gasteiger partial charge in [0.15, 0.2) is 11.5 Å². The van der Waals surface area contributed by atoms with Gasteiger partial charge in [-0.15, -0.1) is 8.78 Å². The van der Waals surface area contributed by atoms with E-state index in [0.717, 1.165) is 5.56 Å². The van der Waals surface area contributed by atoms with Gasteiger partial charge >= 0.3 is 12.4 Å². The third-order valence-corrected chi connectivity index (χ3v) is 4.44. The summed E-state index contributed by atoms with van der Waals surface area (Å²) in [4.78, 5) is 14.0. The van der Waals surface area contributed by atoms with E-state index in [4.69, 9.17) is 4.74 Å². The van der Waals surface area contributed by atoms with E-state index in [-0.39, 0.29) is 30.1 Å². The van der Waals surface area contributed by atoms with Gasteiger partial charge in [0, 0.05) is 12.5 Å². The van der Waals surface area contributed by atoms with Gasteiger partial charge in [0.2, 0.25) is 0 Å². The Labute approximate surface area is 150 Å². The summed E-state index contributed by atoms with van der Waals surface area (Å²) in [5, 5.41) is 9.58. The summed E-state index contributed by atoms with van der Waals surface area (Å²) >= 11 is 0. The van der Waals surface area contributed by atoms with Crippen LogP contribution in [0.4, 0.5) is 13.6 Å². The number of benzene rings is 1. The number of amides is 1. The first kappa shape index (κ1) is 18.7. The van der Waals surface area contributed by atoms with E-state index in [1.165, 1.54) is 17.0 Å². The van der Waals surface area contributed by atoms with Crippen LogP contribution in [0.2, 0.25) is 0 Å². The first-order chi connectivity index (χ1) is 12.1. The van der Waals surface area contributed by atoms with Gasteiger partial charge in [0.1, 0.15) is 5.60 Å². The molecule has 0 bridgehead atoms. The van der Waals surface area contributed by atoms with Gasteiger partial charge in [-0.2, -0.15) is 0 Å². The smallest absolute Gasteiger partial charge is 0.444 e. The molecule has 1 aromatic carbocycles. The molecule has 1 fully saturated rings. The Morgan fingerprint density at radius 1 is 1.31 bits per heavy atom. The minimum atomic E-state index is -3.65. The van der Waals surface area contributed by atoms with Crippen LogP contribution in [-0.2, 0) is 4.74 Å². The first-order valence-corrected chi connectivity index (χ1v) is 8.58. The highest BCUT2D eigenvalue weighted by molar-refractivity contribution is 5.69. The maximum Gasteiger partial charge on any atom is 0.586 e. The molecule has 8 heteroatoms. The molecule has 0 saturated carbocycles. The summed E-state index contributed by atoms with van der Waals surface area (Å²) in [7, 11) is 0. The van der Waals surface area contributed by atoms with Crippen molar-refractivity contribution in [2.75, 3.05) is 13.2 Å². The number of carbonyl (C=O) groups excluding carboxylic acids is 1. The van der Waals surface area contributed by atoms with Crippen molar-refractivity contribution in [3.63, 3.8) is 0 Å². The van der Waals surface area contributed by atoms with Gasteiger partial charge in [0.25, 0.3) is 0 Å². The number of aliphatic hydroxyl groups excluding tert-OH is 1. The number of halogens is 2. The van der Waals surface area contributed by atoms with Crippen molar-refractivity contribution in [1.29, 1.82) is 0 Å². The molecule has 2 unspecified atom stereocenters. The molecule has 6 nitrogen and oxygen atoms in total. The maximum atomic E-state index is 13.2. The third kappa shape index (κ3) is 4.00. The van der Waals surface area contributed by atoms with Gasteiger partial charge in [0.05, 0.1) is 12.6 Å². The van der Waals surface area contributed by atoms with Crippen LogP contribution < -0.4 is 9.47 Å². The Hall–Kier alpha value is -2.09. The highest BCUT2D eigenvalue weighted by Gasteiger charge is 2.44. The van der Waals surface area contributed by atoms with Crippen molar-refractivity contribution in [3.8, 4) is 11.5 Å². The molecule has 1 aromatic rings. The molecule has 1 amide bonds. The minimum absolute atomic E-state index is 0.00760. The Morgan fingerprint density at radius 3 is 2.65 bits per heavy atom. The Kier molecular flexibility index (Phi) is 4.72. The molecular formula is C18H23F2NO5. The van der Waals surface area contributed by atoms with Crippen molar-refractivity contribution >= 4 is 6.09 Å². The van der Waals surface area contributed by atoms with Gasteiger partial charge in [-0.05, 0) is 51.3 Å². The number of ether oxygens (including phenoxy) is 3. The second-order valence-electron chi connectivity index (χ2n) is 7.62. The van der Waals surface area contributed by atoms with Crippen molar-refractivity contribution in [1.82, 2.24) is 4.90 Å². The first-order valence-electron chi connectivity index (χ1n) is 8.58. The van der Waals surface area contributed by atoms with E-state index in [1.54, 1.807) is 26.8 Å². The van der Waals surface area contributed by atoms with Gasteiger partial charge in [-0.25, -0.2) is 4.79 Å². The molecule has 0 aliphatic carbocycles. The van der Waals surface area contributed by atoms with E-state index in [9.17, 15) is 18.7 Å². The summed E-state index contributed by atoms with van der Waals surface area (Å²) in [6, 6.07) is 4.34. The fourth-order valence-corrected chi connectivity index (χ4v) is 3.25. The molecule has 144 valence electrons. The lowest BCUT2D eigenvalue weighted by Gasteiger charge is -2.39. The molecule has 3 rings (SSSR count). The van der Waals surface area contributed by atoms with Crippen molar-refractivity contribution in [3.05, 3.63) is 23.8 Å². The summed E-state index contributed by atoms with van der Waals surface area (Å²) in [5.41, 5.74) is 0.129. The lowest BCUT2D eigenvalue weighted by atomic mass is 9.87. The topological polar surface area (TPSA) is 68.2 Å². The van der Waals surface area contributed by atoms with Crippen LogP contribution >= 0.6 is 0 Å². The second kappa shape index (κ2) is 6.57. The maximum absolute atomic E-state index is 13.2. The van der Waals surface area contributed by atoms with E-state index >= 15 is 0 Å². The van der Waals surface area contributed by atoms with Crippen molar-refractivity contribution in [2.45, 2.75) is 57.5 Å². The fourth-order valence-electron chi connectivity index (χ4n) is 3.25. The number of piperidine rings is 1. The van der Waals surface area contributed by atoms with E-state index in [0.29, 0.717) is 19.4 Å². The van der Waals surface area contributed by atoms with Gasteiger partial charge < -0.3 is 24.2 Å². The Bertz CT molecular complexity index is 689. The van der Waals surface area contributed by atoms with Gasteiger partial charge in [-0.3, -0.25) is 0 Å². The number of rotatable bonds is 2.